The van der Waals surface area contributed by atoms with Crippen molar-refractivity contribution in [3.8, 4) is 22.5 Å². The standard InChI is InChI=1S/C26H26ClN3O3/c1-15-9-11-17(12-10-15)23-22(24(25(31)32)33-26(3,4)5)16(2)28-21-14-20(29-30(21)23)18-7-6-8-19(27)13-18/h6-14,24H,1-5H3,(H,31,32). The van der Waals surface area contributed by atoms with E-state index in [9.17, 15) is 9.90 Å². The Morgan fingerprint density at radius 1 is 1.06 bits per heavy atom. The summed E-state index contributed by atoms with van der Waals surface area (Å²) in [6.45, 7) is 9.32. The molecule has 4 rings (SSSR count). The molecule has 0 saturated heterocycles. The second-order valence-electron chi connectivity index (χ2n) is 9.08. The summed E-state index contributed by atoms with van der Waals surface area (Å²) >= 11 is 6.19. The van der Waals surface area contributed by atoms with E-state index >= 15 is 0 Å². The average molecular weight is 464 g/mol. The highest BCUT2D eigenvalue weighted by molar-refractivity contribution is 6.30. The minimum absolute atomic E-state index is 0.481. The Hall–Kier alpha value is -3.22. The predicted octanol–water partition coefficient (Wildman–Crippen LogP) is 6.27. The molecule has 2 aromatic carbocycles. The number of rotatable bonds is 5. The topological polar surface area (TPSA) is 76.7 Å². The van der Waals surface area contributed by atoms with Crippen LogP contribution in [-0.2, 0) is 9.53 Å². The van der Waals surface area contributed by atoms with Crippen LogP contribution in [0.15, 0.2) is 54.6 Å². The Labute approximate surface area is 197 Å². The number of aromatic nitrogens is 3. The van der Waals surface area contributed by atoms with E-state index in [4.69, 9.17) is 26.4 Å². The van der Waals surface area contributed by atoms with Gasteiger partial charge in [-0.2, -0.15) is 5.10 Å². The monoisotopic (exact) mass is 463 g/mol. The molecule has 2 heterocycles. The lowest BCUT2D eigenvalue weighted by Crippen LogP contribution is -2.29. The van der Waals surface area contributed by atoms with Gasteiger partial charge in [0.1, 0.15) is 0 Å². The fourth-order valence-corrected chi connectivity index (χ4v) is 4.00. The van der Waals surface area contributed by atoms with Crippen LogP contribution in [0, 0.1) is 13.8 Å². The molecular formula is C26H26ClN3O3. The first kappa shape index (κ1) is 23.0. The summed E-state index contributed by atoms with van der Waals surface area (Å²) < 4.78 is 7.71. The van der Waals surface area contributed by atoms with Crippen LogP contribution in [0.1, 0.15) is 43.7 Å². The zero-order chi connectivity index (χ0) is 23.9. The summed E-state index contributed by atoms with van der Waals surface area (Å²) in [5.41, 5.74) is 5.11. The van der Waals surface area contributed by atoms with E-state index in [1.807, 2.05) is 76.2 Å². The van der Waals surface area contributed by atoms with Crippen LogP contribution >= 0.6 is 11.6 Å². The second kappa shape index (κ2) is 8.61. The molecule has 0 aliphatic rings. The number of aryl methyl sites for hydroxylation is 2. The van der Waals surface area contributed by atoms with Gasteiger partial charge in [0.2, 0.25) is 0 Å². The van der Waals surface area contributed by atoms with Crippen LogP contribution < -0.4 is 0 Å². The summed E-state index contributed by atoms with van der Waals surface area (Å²) in [6, 6.07) is 17.2. The molecule has 0 radical (unpaired) electrons. The lowest BCUT2D eigenvalue weighted by atomic mass is 9.98. The van der Waals surface area contributed by atoms with E-state index < -0.39 is 17.7 Å². The Morgan fingerprint density at radius 2 is 1.76 bits per heavy atom. The largest absolute Gasteiger partial charge is 0.479 e. The Morgan fingerprint density at radius 3 is 2.36 bits per heavy atom. The van der Waals surface area contributed by atoms with Crippen molar-refractivity contribution in [2.45, 2.75) is 46.3 Å². The van der Waals surface area contributed by atoms with Crippen molar-refractivity contribution < 1.29 is 14.6 Å². The minimum Gasteiger partial charge on any atom is -0.479 e. The highest BCUT2D eigenvalue weighted by Crippen LogP contribution is 2.36. The maximum atomic E-state index is 12.4. The van der Waals surface area contributed by atoms with Crippen LogP contribution in [0.5, 0.6) is 0 Å². The van der Waals surface area contributed by atoms with E-state index in [-0.39, 0.29) is 0 Å². The second-order valence-corrected chi connectivity index (χ2v) is 9.52. The van der Waals surface area contributed by atoms with E-state index in [2.05, 4.69) is 0 Å². The van der Waals surface area contributed by atoms with E-state index in [0.29, 0.717) is 33.3 Å². The number of hydrogen-bond donors (Lipinski definition) is 1. The molecule has 2 aromatic heterocycles. The van der Waals surface area contributed by atoms with Crippen molar-refractivity contribution in [1.29, 1.82) is 0 Å². The number of carboxylic acid groups (broad SMARTS) is 1. The van der Waals surface area contributed by atoms with Crippen molar-refractivity contribution in [3.63, 3.8) is 0 Å². The lowest BCUT2D eigenvalue weighted by molar-refractivity contribution is -0.160. The van der Waals surface area contributed by atoms with Crippen LogP contribution in [0.4, 0.5) is 0 Å². The van der Waals surface area contributed by atoms with Gasteiger partial charge in [-0.15, -0.1) is 0 Å². The van der Waals surface area contributed by atoms with Crippen molar-refractivity contribution in [3.05, 3.63) is 76.4 Å². The first-order chi connectivity index (χ1) is 15.5. The van der Waals surface area contributed by atoms with E-state index in [1.165, 1.54) is 0 Å². The first-order valence-electron chi connectivity index (χ1n) is 10.7. The zero-order valence-electron chi connectivity index (χ0n) is 19.3. The van der Waals surface area contributed by atoms with Crippen molar-refractivity contribution in [1.82, 2.24) is 14.6 Å². The normalized spacial score (nSPS) is 12.8. The SMILES string of the molecule is Cc1ccc(-c2c(C(OC(C)(C)C)C(=O)O)c(C)nc3cc(-c4cccc(Cl)c4)nn23)cc1. The van der Waals surface area contributed by atoms with E-state index in [1.54, 1.807) is 17.5 Å². The van der Waals surface area contributed by atoms with Crippen LogP contribution in [0.3, 0.4) is 0 Å². The summed E-state index contributed by atoms with van der Waals surface area (Å²) in [4.78, 5) is 17.1. The molecule has 170 valence electrons. The van der Waals surface area contributed by atoms with Crippen molar-refractivity contribution >= 4 is 23.2 Å². The smallest absolute Gasteiger partial charge is 0.337 e. The minimum atomic E-state index is -1.21. The molecule has 1 unspecified atom stereocenters. The van der Waals surface area contributed by atoms with Crippen LogP contribution in [0.2, 0.25) is 5.02 Å². The van der Waals surface area contributed by atoms with Gasteiger partial charge in [-0.25, -0.2) is 14.3 Å². The lowest BCUT2D eigenvalue weighted by Gasteiger charge is -2.27. The highest BCUT2D eigenvalue weighted by atomic mass is 35.5. The number of aliphatic carboxylic acids is 1. The van der Waals surface area contributed by atoms with Gasteiger partial charge in [-0.3, -0.25) is 0 Å². The maximum absolute atomic E-state index is 12.4. The number of hydrogen-bond acceptors (Lipinski definition) is 4. The number of fused-ring (bicyclic) bond motifs is 1. The van der Waals surface area contributed by atoms with Gasteiger partial charge in [-0.1, -0.05) is 53.6 Å². The fraction of sp³-hybridized carbons (Fsp3) is 0.269. The summed E-state index contributed by atoms with van der Waals surface area (Å²) in [5, 5.41) is 15.5. The zero-order valence-corrected chi connectivity index (χ0v) is 20.0. The number of carbonyl (C=O) groups is 1. The van der Waals surface area contributed by atoms with Crippen LogP contribution in [0.25, 0.3) is 28.2 Å². The summed E-state index contributed by atoms with van der Waals surface area (Å²) in [5.74, 6) is -1.08. The van der Waals surface area contributed by atoms with Crippen LogP contribution in [-0.4, -0.2) is 31.3 Å². The molecule has 6 nitrogen and oxygen atoms in total. The number of benzene rings is 2. The molecule has 33 heavy (non-hydrogen) atoms. The predicted molar refractivity (Wildman–Crippen MR) is 130 cm³/mol. The molecule has 0 aliphatic heterocycles. The van der Waals surface area contributed by atoms with E-state index in [0.717, 1.165) is 16.7 Å². The molecule has 1 atom stereocenters. The van der Waals surface area contributed by atoms with Gasteiger partial charge in [0.15, 0.2) is 11.8 Å². The van der Waals surface area contributed by atoms with Gasteiger partial charge in [0, 0.05) is 33.5 Å². The molecule has 0 spiro atoms. The Balaban J connectivity index is 2.04. The third-order valence-corrected chi connectivity index (χ3v) is 5.47. The van der Waals surface area contributed by atoms with Gasteiger partial charge in [0.05, 0.1) is 17.0 Å². The Kier molecular flexibility index (Phi) is 5.99. The van der Waals surface area contributed by atoms with Gasteiger partial charge in [0.25, 0.3) is 0 Å². The molecule has 7 heteroatoms. The van der Waals surface area contributed by atoms with Crippen molar-refractivity contribution in [2.24, 2.45) is 0 Å². The third kappa shape index (κ3) is 4.77. The molecule has 0 saturated carbocycles. The molecule has 4 aromatic rings. The molecule has 0 fully saturated rings. The van der Waals surface area contributed by atoms with Gasteiger partial charge < -0.3 is 9.84 Å². The van der Waals surface area contributed by atoms with Crippen molar-refractivity contribution in [2.75, 3.05) is 0 Å². The molecule has 0 bridgehead atoms. The number of ether oxygens (including phenoxy) is 1. The van der Waals surface area contributed by atoms with Gasteiger partial charge >= 0.3 is 5.97 Å². The quantitative estimate of drug-likeness (QED) is 0.377. The Bertz CT molecular complexity index is 1340. The number of nitrogens with zero attached hydrogens (tertiary/aromatic N) is 3. The third-order valence-electron chi connectivity index (χ3n) is 5.23. The average Bonchev–Trinajstić information content (AvgIpc) is 3.15. The first-order valence-corrected chi connectivity index (χ1v) is 11.0. The highest BCUT2D eigenvalue weighted by Gasteiger charge is 2.33. The molecular weight excluding hydrogens is 438 g/mol. The molecule has 0 amide bonds. The summed E-state index contributed by atoms with van der Waals surface area (Å²) in [6.07, 6.45) is -1.21. The maximum Gasteiger partial charge on any atom is 0.337 e. The fourth-order valence-electron chi connectivity index (χ4n) is 3.81. The number of halogens is 1. The molecule has 0 aliphatic carbocycles. The van der Waals surface area contributed by atoms with Gasteiger partial charge in [-0.05, 0) is 46.8 Å². The molecule has 1 N–H and O–H groups in total. The summed E-state index contributed by atoms with van der Waals surface area (Å²) in [7, 11) is 0. The number of carboxylic acids is 1.